The minimum atomic E-state index is -0.980. The Balaban J connectivity index is 1.83. The highest BCUT2D eigenvalue weighted by molar-refractivity contribution is 7.10. The first-order valence-electron chi connectivity index (χ1n) is 12.9. The molecule has 1 aliphatic rings. The van der Waals surface area contributed by atoms with Crippen molar-refractivity contribution in [2.75, 3.05) is 19.1 Å². The summed E-state index contributed by atoms with van der Waals surface area (Å²) in [6.07, 6.45) is 5.24. The Labute approximate surface area is 227 Å². The maximum absolute atomic E-state index is 14.1. The third-order valence-electron chi connectivity index (χ3n) is 6.89. The molecule has 0 spiro atoms. The molecule has 1 aliphatic carbocycles. The third kappa shape index (κ3) is 6.42. The monoisotopic (exact) mass is 534 g/mol. The molecule has 1 saturated carbocycles. The molecule has 8 heteroatoms. The van der Waals surface area contributed by atoms with Crippen LogP contribution in [-0.2, 0) is 16.0 Å². The summed E-state index contributed by atoms with van der Waals surface area (Å²) in [5.41, 5.74) is 1.54. The zero-order chi connectivity index (χ0) is 27.1. The zero-order valence-corrected chi connectivity index (χ0v) is 22.9. The molecular weight excluding hydrogens is 500 g/mol. The van der Waals surface area contributed by atoms with Crippen molar-refractivity contribution >= 4 is 34.6 Å². The zero-order valence-electron chi connectivity index (χ0n) is 22.1. The molecule has 0 bridgehead atoms. The lowest BCUT2D eigenvalue weighted by Crippen LogP contribution is -2.47. The number of anilines is 1. The van der Waals surface area contributed by atoms with Gasteiger partial charge < -0.3 is 14.8 Å². The minimum absolute atomic E-state index is 0.0525. The van der Waals surface area contributed by atoms with Crippen LogP contribution in [0, 0.1) is 0 Å². The van der Waals surface area contributed by atoms with Gasteiger partial charge in [-0.2, -0.15) is 0 Å². The van der Waals surface area contributed by atoms with Crippen LogP contribution in [0.5, 0.6) is 11.5 Å². The van der Waals surface area contributed by atoms with Crippen molar-refractivity contribution in [1.29, 1.82) is 0 Å². The van der Waals surface area contributed by atoms with Gasteiger partial charge in [0.1, 0.15) is 6.04 Å². The average molecular weight is 535 g/mol. The number of amides is 2. The molecule has 200 valence electrons. The van der Waals surface area contributed by atoms with E-state index in [1.165, 1.54) is 30.3 Å². The number of hydrogen-bond acceptors (Lipinski definition) is 6. The molecule has 1 heterocycles. The van der Waals surface area contributed by atoms with Crippen LogP contribution in [0.4, 0.5) is 5.69 Å². The Hall–Kier alpha value is -3.65. The number of nitrogens with zero attached hydrogens (tertiary/aromatic N) is 1. The molecule has 2 amide bonds. The van der Waals surface area contributed by atoms with Crippen LogP contribution in [-0.4, -0.2) is 37.9 Å². The quantitative estimate of drug-likeness (QED) is 0.336. The van der Waals surface area contributed by atoms with Crippen LogP contribution in [0.3, 0.4) is 0 Å². The summed E-state index contributed by atoms with van der Waals surface area (Å²) in [7, 11) is 3.09. The number of hydrogen-bond donors (Lipinski definition) is 1. The maximum atomic E-state index is 14.1. The topological polar surface area (TPSA) is 84.9 Å². The van der Waals surface area contributed by atoms with E-state index in [0.717, 1.165) is 37.0 Å². The lowest BCUT2D eigenvalue weighted by Gasteiger charge is -2.34. The smallest absolute Gasteiger partial charge is 0.248 e. The van der Waals surface area contributed by atoms with E-state index in [1.807, 2.05) is 17.5 Å². The number of thiophene rings is 1. The van der Waals surface area contributed by atoms with Crippen molar-refractivity contribution in [3.05, 3.63) is 76.0 Å². The number of carbonyl (C=O) groups excluding carboxylic acids is 3. The molecular formula is C30H34N2O5S. The number of Topliss-reactive ketones (excluding diaryl/α,β-unsaturated/α-hetero) is 1. The van der Waals surface area contributed by atoms with Crippen molar-refractivity contribution in [3.63, 3.8) is 0 Å². The number of ether oxygens (including phenoxy) is 2. The van der Waals surface area contributed by atoms with Gasteiger partial charge in [-0.3, -0.25) is 19.3 Å². The fourth-order valence-corrected chi connectivity index (χ4v) is 5.62. The van der Waals surface area contributed by atoms with E-state index in [9.17, 15) is 14.4 Å². The highest BCUT2D eigenvalue weighted by Gasteiger charge is 2.35. The first-order chi connectivity index (χ1) is 18.4. The van der Waals surface area contributed by atoms with Gasteiger partial charge in [-0.25, -0.2) is 0 Å². The first-order valence-corrected chi connectivity index (χ1v) is 13.8. The number of benzene rings is 2. The molecule has 4 rings (SSSR count). The molecule has 0 unspecified atom stereocenters. The summed E-state index contributed by atoms with van der Waals surface area (Å²) in [4.78, 5) is 42.7. The van der Waals surface area contributed by atoms with Gasteiger partial charge >= 0.3 is 0 Å². The molecule has 7 nitrogen and oxygen atoms in total. The number of nitrogens with one attached hydrogen (secondary N) is 1. The minimum Gasteiger partial charge on any atom is -0.493 e. The van der Waals surface area contributed by atoms with Gasteiger partial charge in [0.2, 0.25) is 11.8 Å². The normalized spacial score (nSPS) is 14.4. The van der Waals surface area contributed by atoms with Gasteiger partial charge in [0.05, 0.1) is 20.6 Å². The molecule has 0 saturated heterocycles. The highest BCUT2D eigenvalue weighted by atomic mass is 32.1. The van der Waals surface area contributed by atoms with E-state index in [0.29, 0.717) is 28.3 Å². The molecule has 0 aliphatic heterocycles. The number of ketones is 1. The highest BCUT2D eigenvalue weighted by Crippen LogP contribution is 2.35. The molecule has 1 aromatic heterocycles. The molecule has 0 radical (unpaired) electrons. The Morgan fingerprint density at radius 2 is 1.74 bits per heavy atom. The predicted molar refractivity (Wildman–Crippen MR) is 149 cm³/mol. The number of rotatable bonds is 10. The van der Waals surface area contributed by atoms with Crippen molar-refractivity contribution in [3.8, 4) is 11.5 Å². The van der Waals surface area contributed by atoms with Crippen molar-refractivity contribution < 1.29 is 23.9 Å². The standard InChI is InChI=1S/C30H34N2O5S/c1-20(33)21-9-7-12-24(17-21)32(28(34)19-25-13-8-16-38-25)29(30(35)31-23-10-5-4-6-11-23)22-14-15-26(36-2)27(18-22)37-3/h7-9,12-18,23,29H,4-6,10-11,19H2,1-3H3,(H,31,35)/t29-/m1/s1. The second kappa shape index (κ2) is 12.7. The van der Waals surface area contributed by atoms with Gasteiger partial charge in [-0.1, -0.05) is 43.5 Å². The van der Waals surface area contributed by atoms with E-state index in [-0.39, 0.29) is 30.1 Å². The van der Waals surface area contributed by atoms with Crippen LogP contribution >= 0.6 is 11.3 Å². The molecule has 1 fully saturated rings. The van der Waals surface area contributed by atoms with Crippen molar-refractivity contribution in [2.24, 2.45) is 0 Å². The largest absolute Gasteiger partial charge is 0.493 e. The first kappa shape index (κ1) is 27.4. The van der Waals surface area contributed by atoms with E-state index in [2.05, 4.69) is 5.32 Å². The fraction of sp³-hybridized carbons (Fsp3) is 0.367. The van der Waals surface area contributed by atoms with Gasteiger partial charge in [0.15, 0.2) is 17.3 Å². The Kier molecular flexibility index (Phi) is 9.18. The van der Waals surface area contributed by atoms with Gasteiger partial charge in [-0.15, -0.1) is 11.3 Å². The summed E-state index contributed by atoms with van der Waals surface area (Å²) in [5, 5.41) is 5.14. The maximum Gasteiger partial charge on any atom is 0.248 e. The second-order valence-corrected chi connectivity index (χ2v) is 10.5. The van der Waals surface area contributed by atoms with Crippen LogP contribution in [0.1, 0.15) is 65.9 Å². The molecule has 1 atom stereocenters. The van der Waals surface area contributed by atoms with Crippen LogP contribution in [0.15, 0.2) is 60.0 Å². The molecule has 1 N–H and O–H groups in total. The summed E-state index contributed by atoms with van der Waals surface area (Å²) in [5.74, 6) is 0.358. The molecule has 38 heavy (non-hydrogen) atoms. The van der Waals surface area contributed by atoms with E-state index < -0.39 is 6.04 Å². The lowest BCUT2D eigenvalue weighted by atomic mass is 9.94. The van der Waals surface area contributed by atoms with Gasteiger partial charge in [0.25, 0.3) is 0 Å². The number of carbonyl (C=O) groups is 3. The van der Waals surface area contributed by atoms with Crippen molar-refractivity contribution in [2.45, 2.75) is 57.5 Å². The average Bonchev–Trinajstić information content (AvgIpc) is 3.44. The van der Waals surface area contributed by atoms with Gasteiger partial charge in [0, 0.05) is 22.2 Å². The van der Waals surface area contributed by atoms with Crippen molar-refractivity contribution in [1.82, 2.24) is 5.32 Å². The third-order valence-corrected chi connectivity index (χ3v) is 7.76. The van der Waals surface area contributed by atoms with Gasteiger partial charge in [-0.05, 0) is 61.0 Å². The molecule has 2 aromatic carbocycles. The van der Waals surface area contributed by atoms with Crippen LogP contribution < -0.4 is 19.7 Å². The van der Waals surface area contributed by atoms with E-state index in [4.69, 9.17) is 9.47 Å². The second-order valence-electron chi connectivity index (χ2n) is 9.49. The Bertz CT molecular complexity index is 1270. The SMILES string of the molecule is COc1ccc([C@H](C(=O)NC2CCCCC2)N(C(=O)Cc2cccs2)c2cccc(C(C)=O)c2)cc1OC. The predicted octanol–water partition coefficient (Wildman–Crippen LogP) is 5.73. The molecule has 3 aromatic rings. The van der Waals surface area contributed by atoms with E-state index >= 15 is 0 Å². The Morgan fingerprint density at radius 1 is 0.974 bits per heavy atom. The van der Waals surface area contributed by atoms with E-state index in [1.54, 1.807) is 49.6 Å². The summed E-state index contributed by atoms with van der Waals surface area (Å²) in [6.45, 7) is 1.48. The van der Waals surface area contributed by atoms with Crippen LogP contribution in [0.2, 0.25) is 0 Å². The summed E-state index contributed by atoms with van der Waals surface area (Å²) in [6, 6.07) is 15.0. The Morgan fingerprint density at radius 3 is 2.39 bits per heavy atom. The van der Waals surface area contributed by atoms with Crippen LogP contribution in [0.25, 0.3) is 0 Å². The summed E-state index contributed by atoms with van der Waals surface area (Å²) >= 11 is 1.49. The summed E-state index contributed by atoms with van der Waals surface area (Å²) < 4.78 is 11.0. The number of methoxy groups -OCH3 is 2. The lowest BCUT2D eigenvalue weighted by molar-refractivity contribution is -0.127. The fourth-order valence-electron chi connectivity index (χ4n) is 4.93.